The van der Waals surface area contributed by atoms with Gasteiger partial charge in [0.25, 0.3) is 20.9 Å². The van der Waals surface area contributed by atoms with Crippen molar-refractivity contribution in [2.24, 2.45) is 0 Å². The number of ether oxygens (including phenoxy) is 2. The van der Waals surface area contributed by atoms with E-state index in [-0.39, 0.29) is 47.0 Å². The summed E-state index contributed by atoms with van der Waals surface area (Å²) in [7, 11) is 4.32. The van der Waals surface area contributed by atoms with Crippen LogP contribution in [0, 0.1) is 11.6 Å². The van der Waals surface area contributed by atoms with E-state index in [0.29, 0.717) is 23.3 Å². The lowest BCUT2D eigenvalue weighted by atomic mass is 9.97. The van der Waals surface area contributed by atoms with E-state index in [9.17, 15) is 36.4 Å². The number of thioether (sulfide) groups is 1. The number of carbonyl (C=O) groups is 4. The normalized spacial score (nSPS) is 11.8. The van der Waals surface area contributed by atoms with Crippen LogP contribution in [0.1, 0.15) is 48.5 Å². The zero-order valence-electron chi connectivity index (χ0n) is 38.1. The molecule has 7 aromatic rings. The molecular formula is C55H49ClF2N2O8S2. The van der Waals surface area contributed by atoms with Gasteiger partial charge in [0.05, 0.1) is 26.3 Å². The number of methoxy groups -OCH3 is 2. The van der Waals surface area contributed by atoms with Crippen molar-refractivity contribution < 1.29 is 45.9 Å². The Balaban J connectivity index is 0.000000231. The third-order valence-corrected chi connectivity index (χ3v) is 13.4. The van der Waals surface area contributed by atoms with E-state index in [1.165, 1.54) is 79.4 Å². The van der Waals surface area contributed by atoms with Crippen molar-refractivity contribution >= 4 is 54.9 Å². The summed E-state index contributed by atoms with van der Waals surface area (Å²) < 4.78 is 60.6. The molecule has 0 spiro atoms. The molecule has 0 aromatic heterocycles. The second kappa shape index (κ2) is 25.5. The Morgan fingerprint density at radius 1 is 0.529 bits per heavy atom. The molecule has 2 atom stereocenters. The molecule has 10 nitrogen and oxygen atoms in total. The predicted octanol–water partition coefficient (Wildman–Crippen LogP) is 10.2. The first-order chi connectivity index (χ1) is 33.7. The largest absolute Gasteiger partial charge is 0.496 e. The summed E-state index contributed by atoms with van der Waals surface area (Å²) in [5, 5.41) is 5.58. The maximum absolute atomic E-state index is 13.4. The van der Waals surface area contributed by atoms with E-state index in [4.69, 9.17) is 20.2 Å². The zero-order chi connectivity index (χ0) is 50.0. The summed E-state index contributed by atoms with van der Waals surface area (Å²) in [4.78, 5) is 52.9. The molecule has 0 saturated heterocycles. The van der Waals surface area contributed by atoms with Crippen LogP contribution in [0.4, 0.5) is 8.78 Å². The summed E-state index contributed by atoms with van der Waals surface area (Å²) in [6.45, 7) is 0. The van der Waals surface area contributed by atoms with Crippen molar-refractivity contribution in [2.75, 3.05) is 14.2 Å². The molecule has 0 saturated carbocycles. The standard InChI is InChI=1S/C31H28FNO3S.C24H21ClFNO5S/c1-36-29-20-24(12-17-30(29)37-21-23-10-6-3-7-11-23)19-28(34)27(18-22-8-4-2-5-9-22)33-31(35)25-13-15-26(32)16-14-25;1-32-22-15-17(7-12-23(22)33(25,30)31)14-21(28)20(13-16-5-3-2-4-6-16)27-24(29)18-8-10-19(26)11-9-18/h2-17,20,27H,18-19,21H2,1H3,(H,33,35);2-12,15,20H,13-14H2,1H3,(H,27,29)/t27-;20-/m00/s1. The lowest BCUT2D eigenvalue weighted by molar-refractivity contribution is -0.121. The highest BCUT2D eigenvalue weighted by molar-refractivity contribution is 8.13. The minimum Gasteiger partial charge on any atom is -0.496 e. The lowest BCUT2D eigenvalue weighted by Crippen LogP contribution is -2.43. The van der Waals surface area contributed by atoms with Crippen molar-refractivity contribution in [2.45, 2.75) is 53.3 Å². The van der Waals surface area contributed by atoms with E-state index in [1.54, 1.807) is 18.9 Å². The van der Waals surface area contributed by atoms with Gasteiger partial charge in [0.15, 0.2) is 11.6 Å². The van der Waals surface area contributed by atoms with Gasteiger partial charge in [-0.2, -0.15) is 0 Å². The molecule has 0 aliphatic heterocycles. The molecule has 0 fully saturated rings. The van der Waals surface area contributed by atoms with Crippen LogP contribution < -0.4 is 20.1 Å². The fourth-order valence-electron chi connectivity index (χ4n) is 7.22. The van der Waals surface area contributed by atoms with E-state index >= 15 is 0 Å². The van der Waals surface area contributed by atoms with Crippen molar-refractivity contribution in [1.29, 1.82) is 0 Å². The first kappa shape index (κ1) is 52.2. The molecule has 2 amide bonds. The summed E-state index contributed by atoms with van der Waals surface area (Å²) >= 11 is 1.67. The maximum Gasteiger partial charge on any atom is 0.264 e. The Labute approximate surface area is 414 Å². The topological polar surface area (TPSA) is 145 Å². The van der Waals surface area contributed by atoms with Crippen LogP contribution in [0.25, 0.3) is 0 Å². The van der Waals surface area contributed by atoms with Gasteiger partial charge in [0.2, 0.25) is 0 Å². The summed E-state index contributed by atoms with van der Waals surface area (Å²) in [5.41, 5.74) is 4.82. The van der Waals surface area contributed by atoms with Crippen molar-refractivity contribution in [3.63, 3.8) is 0 Å². The Hall–Kier alpha value is -7.13. The Morgan fingerprint density at radius 3 is 1.34 bits per heavy atom. The fraction of sp³-hybridized carbons (Fsp3) is 0.164. The van der Waals surface area contributed by atoms with Crippen LogP contribution in [0.3, 0.4) is 0 Å². The highest BCUT2D eigenvalue weighted by Crippen LogP contribution is 2.33. The molecule has 360 valence electrons. The van der Waals surface area contributed by atoms with Crippen molar-refractivity contribution in [1.82, 2.24) is 10.6 Å². The van der Waals surface area contributed by atoms with Gasteiger partial charge in [0.1, 0.15) is 28.0 Å². The minimum absolute atomic E-state index is 0.0188. The molecule has 70 heavy (non-hydrogen) atoms. The quantitative estimate of drug-likeness (QED) is 0.0563. The van der Waals surface area contributed by atoms with Gasteiger partial charge in [-0.05, 0) is 113 Å². The van der Waals surface area contributed by atoms with Crippen LogP contribution >= 0.6 is 22.4 Å². The average molecular weight is 1000 g/mol. The molecule has 0 radical (unpaired) electrons. The summed E-state index contributed by atoms with van der Waals surface area (Å²) in [6.07, 6.45) is 0.661. The van der Waals surface area contributed by atoms with Gasteiger partial charge in [-0.15, -0.1) is 11.8 Å². The number of Topliss-reactive ketones (excluding diaryl/α,β-unsaturated/α-hetero) is 2. The van der Waals surface area contributed by atoms with Crippen LogP contribution in [-0.4, -0.2) is 58.1 Å². The summed E-state index contributed by atoms with van der Waals surface area (Å²) in [5.74, 6) is -0.697. The number of amides is 2. The Kier molecular flexibility index (Phi) is 19.0. The number of nitrogens with one attached hydrogen (secondary N) is 2. The number of rotatable bonds is 20. The Morgan fingerprint density at radius 2 is 0.929 bits per heavy atom. The van der Waals surface area contributed by atoms with Crippen LogP contribution in [0.5, 0.6) is 11.5 Å². The second-order valence-electron chi connectivity index (χ2n) is 15.9. The number of ketones is 2. The first-order valence-corrected chi connectivity index (χ1v) is 25.2. The third-order valence-electron chi connectivity index (χ3n) is 10.9. The minimum atomic E-state index is -4.02. The van der Waals surface area contributed by atoms with Crippen LogP contribution in [-0.2, 0) is 50.1 Å². The smallest absolute Gasteiger partial charge is 0.264 e. The van der Waals surface area contributed by atoms with Crippen LogP contribution in [0.15, 0.2) is 186 Å². The van der Waals surface area contributed by atoms with E-state index in [2.05, 4.69) is 22.8 Å². The molecule has 7 rings (SSSR count). The molecule has 0 aliphatic carbocycles. The average Bonchev–Trinajstić information content (AvgIpc) is 3.36. The third kappa shape index (κ3) is 15.7. The Bertz CT molecular complexity index is 2990. The maximum atomic E-state index is 13.4. The lowest BCUT2D eigenvalue weighted by Gasteiger charge is -2.19. The van der Waals surface area contributed by atoms with E-state index in [0.717, 1.165) is 27.3 Å². The van der Waals surface area contributed by atoms with E-state index < -0.39 is 44.6 Å². The molecular weight excluding hydrogens is 954 g/mol. The number of halogens is 3. The molecule has 0 bridgehead atoms. The van der Waals surface area contributed by atoms with Gasteiger partial charge in [-0.1, -0.05) is 103 Å². The summed E-state index contributed by atoms with van der Waals surface area (Å²) in [6, 6.07) is 47.5. The highest BCUT2D eigenvalue weighted by atomic mass is 35.7. The molecule has 0 unspecified atom stereocenters. The predicted molar refractivity (Wildman–Crippen MR) is 268 cm³/mol. The number of benzene rings is 7. The van der Waals surface area contributed by atoms with Crippen molar-refractivity contribution in [3.05, 3.63) is 227 Å². The first-order valence-electron chi connectivity index (χ1n) is 21.9. The van der Waals surface area contributed by atoms with Gasteiger partial charge in [0, 0.05) is 45.3 Å². The van der Waals surface area contributed by atoms with E-state index in [1.807, 2.05) is 97.1 Å². The number of hydrogen-bond donors (Lipinski definition) is 2. The zero-order valence-corrected chi connectivity index (χ0v) is 40.5. The van der Waals surface area contributed by atoms with Gasteiger partial charge in [-0.3, -0.25) is 19.2 Å². The van der Waals surface area contributed by atoms with Crippen LogP contribution in [0.2, 0.25) is 0 Å². The molecule has 0 aliphatic rings. The number of carbonyl (C=O) groups excluding carboxylic acids is 4. The molecule has 15 heteroatoms. The molecule has 7 aromatic carbocycles. The molecule has 2 N–H and O–H groups in total. The SMILES string of the molecule is COc1cc(CC(=O)[C@H](Cc2ccccc2)NC(=O)c2ccc(F)cc2)ccc1S(=O)(=O)Cl.COc1cc(CC(=O)[C@H](Cc2ccccc2)NC(=O)c2ccc(F)cc2)ccc1SCc1ccccc1. The monoisotopic (exact) mass is 1000 g/mol. The van der Waals surface area contributed by atoms with Gasteiger partial charge in [-0.25, -0.2) is 17.2 Å². The van der Waals surface area contributed by atoms with Crippen molar-refractivity contribution in [3.8, 4) is 11.5 Å². The second-order valence-corrected chi connectivity index (χ2v) is 19.5. The number of hydrogen-bond acceptors (Lipinski definition) is 9. The van der Waals surface area contributed by atoms with Gasteiger partial charge < -0.3 is 20.1 Å². The van der Waals surface area contributed by atoms with Gasteiger partial charge >= 0.3 is 0 Å². The molecule has 0 heterocycles. The highest BCUT2D eigenvalue weighted by Gasteiger charge is 2.25. The fourth-order valence-corrected chi connectivity index (χ4v) is 9.18.